The molecule has 0 radical (unpaired) electrons. The van der Waals surface area contributed by atoms with E-state index in [-0.39, 0.29) is 5.82 Å². The third-order valence-electron chi connectivity index (χ3n) is 4.53. The maximum absolute atomic E-state index is 12.6. The molecule has 4 rings (SSSR count). The van der Waals surface area contributed by atoms with E-state index in [1.807, 2.05) is 72.8 Å². The van der Waals surface area contributed by atoms with Gasteiger partial charge in [-0.25, -0.2) is 15.1 Å². The van der Waals surface area contributed by atoms with Crippen molar-refractivity contribution in [2.75, 3.05) is 5.48 Å². The van der Waals surface area contributed by atoms with Crippen LogP contribution in [0.3, 0.4) is 0 Å². The highest BCUT2D eigenvalue weighted by Crippen LogP contribution is 2.13. The lowest BCUT2D eigenvalue weighted by Crippen LogP contribution is -1.96. The number of benzene rings is 4. The van der Waals surface area contributed by atoms with Crippen LogP contribution in [0.2, 0.25) is 0 Å². The lowest BCUT2D eigenvalue weighted by atomic mass is 10.1. The molecule has 152 valence electrons. The molecule has 0 fully saturated rings. The highest BCUT2D eigenvalue weighted by molar-refractivity contribution is 5.43. The normalized spacial score (nSPS) is 10.1. The van der Waals surface area contributed by atoms with Gasteiger partial charge in [0, 0.05) is 0 Å². The quantitative estimate of drug-likeness (QED) is 0.286. The summed E-state index contributed by atoms with van der Waals surface area (Å²) >= 11 is 0. The minimum absolute atomic E-state index is 0.179. The average molecular weight is 400 g/mol. The van der Waals surface area contributed by atoms with Crippen LogP contribution in [0, 0.1) is 5.82 Å². The molecule has 0 aliphatic rings. The fourth-order valence-corrected chi connectivity index (χ4v) is 3.01. The van der Waals surface area contributed by atoms with Gasteiger partial charge in [-0.1, -0.05) is 84.9 Å². The van der Waals surface area contributed by atoms with Crippen LogP contribution in [0.4, 0.5) is 10.1 Å². The lowest BCUT2D eigenvalue weighted by Gasteiger charge is -2.04. The van der Waals surface area contributed by atoms with Crippen molar-refractivity contribution < 1.29 is 14.6 Å². The average Bonchev–Trinajstić information content (AvgIpc) is 2.79. The number of anilines is 1. The standard InChI is InChI=1S/C13H11F.C13H13NO2/c14-13-8-6-12(7-9-13)10-11-4-2-1-3-5-11;15-16-14-13-8-6-12(7-9-13)10-11-4-2-1-3-5-11/h1-9H,10H2;1-9,14-15H,10H2/i14-1;. The molecule has 0 aliphatic carbocycles. The molecule has 0 atom stereocenters. The first-order valence-electron chi connectivity index (χ1n) is 9.70. The van der Waals surface area contributed by atoms with Crippen molar-refractivity contribution in [2.24, 2.45) is 0 Å². The van der Waals surface area contributed by atoms with Gasteiger partial charge in [-0.2, -0.15) is 0 Å². The van der Waals surface area contributed by atoms with E-state index in [4.69, 9.17) is 5.26 Å². The van der Waals surface area contributed by atoms with Crippen LogP contribution in [-0.2, 0) is 17.8 Å². The summed E-state index contributed by atoms with van der Waals surface area (Å²) < 4.78 is 12.6. The number of halogens is 1. The summed E-state index contributed by atoms with van der Waals surface area (Å²) in [5, 5.41) is 8.21. The Morgan fingerprint density at radius 3 is 1.40 bits per heavy atom. The minimum atomic E-state index is -0.179. The summed E-state index contributed by atoms with van der Waals surface area (Å²) in [6, 6.07) is 34.8. The fraction of sp³-hybridized carbons (Fsp3) is 0.0769. The zero-order valence-electron chi connectivity index (χ0n) is 16.5. The van der Waals surface area contributed by atoms with Gasteiger partial charge in [-0.05, 0) is 59.4 Å². The van der Waals surface area contributed by atoms with Crippen LogP contribution in [0.25, 0.3) is 0 Å². The van der Waals surface area contributed by atoms with Crippen LogP contribution < -0.4 is 5.48 Å². The molecule has 0 saturated carbocycles. The predicted octanol–water partition coefficient (Wildman–Crippen LogP) is 6.51. The van der Waals surface area contributed by atoms with E-state index in [1.54, 1.807) is 0 Å². The maximum atomic E-state index is 12.6. The molecule has 3 nitrogen and oxygen atoms in total. The Morgan fingerprint density at radius 2 is 0.967 bits per heavy atom. The lowest BCUT2D eigenvalue weighted by molar-refractivity contribution is -0.215. The van der Waals surface area contributed by atoms with Gasteiger partial charge in [0.25, 0.3) is 0 Å². The monoisotopic (exact) mass is 400 g/mol. The topological polar surface area (TPSA) is 41.5 Å². The molecule has 4 aromatic carbocycles. The molecule has 0 aliphatic heterocycles. The highest BCUT2D eigenvalue weighted by atomic mass is 18.2. The third-order valence-corrected chi connectivity index (χ3v) is 4.53. The molecule has 0 unspecified atom stereocenters. The number of nitrogens with one attached hydrogen (secondary N) is 1. The molecule has 30 heavy (non-hydrogen) atoms. The van der Waals surface area contributed by atoms with Gasteiger partial charge in [0.2, 0.25) is 0 Å². The molecule has 4 heteroatoms. The number of rotatable bonds is 6. The summed E-state index contributed by atoms with van der Waals surface area (Å²) in [5.41, 5.74) is 7.96. The molecular formula is C26H24FNO2. The van der Waals surface area contributed by atoms with Gasteiger partial charge >= 0.3 is 0 Å². The summed E-state index contributed by atoms with van der Waals surface area (Å²) in [4.78, 5) is 3.84. The van der Waals surface area contributed by atoms with E-state index in [1.165, 1.54) is 28.8 Å². The van der Waals surface area contributed by atoms with Gasteiger partial charge in [-0.3, -0.25) is 0 Å². The molecule has 0 bridgehead atoms. The van der Waals surface area contributed by atoms with Gasteiger partial charge in [-0.15, -0.1) is 4.99 Å². The molecule has 0 heterocycles. The molecule has 0 aromatic heterocycles. The first kappa shape index (κ1) is 21.2. The van der Waals surface area contributed by atoms with E-state index < -0.39 is 0 Å². The Balaban J connectivity index is 0.000000172. The van der Waals surface area contributed by atoms with Crippen molar-refractivity contribution in [2.45, 2.75) is 12.8 Å². The van der Waals surface area contributed by atoms with Crippen molar-refractivity contribution >= 4 is 5.69 Å². The second kappa shape index (κ2) is 11.5. The van der Waals surface area contributed by atoms with Crippen molar-refractivity contribution in [3.05, 3.63) is 137 Å². The van der Waals surface area contributed by atoms with E-state index >= 15 is 0 Å². The predicted molar refractivity (Wildman–Crippen MR) is 119 cm³/mol. The van der Waals surface area contributed by atoms with Crippen molar-refractivity contribution in [1.82, 2.24) is 0 Å². The Morgan fingerprint density at radius 1 is 0.567 bits per heavy atom. The first-order chi connectivity index (χ1) is 14.7. The van der Waals surface area contributed by atoms with Crippen LogP contribution in [0.15, 0.2) is 109 Å². The third kappa shape index (κ3) is 7.17. The van der Waals surface area contributed by atoms with Crippen molar-refractivity contribution in [1.29, 1.82) is 0 Å². The molecule has 4 aromatic rings. The Kier molecular flexibility index (Phi) is 8.15. The van der Waals surface area contributed by atoms with E-state index in [0.717, 1.165) is 24.1 Å². The minimum Gasteiger partial charge on any atom is -0.236 e. The van der Waals surface area contributed by atoms with Crippen LogP contribution in [-0.4, -0.2) is 5.26 Å². The SMILES string of the molecule is OONc1ccc(Cc2ccccc2)cc1.[18F]c1ccc(Cc2ccccc2)cc1. The first-order valence-corrected chi connectivity index (χ1v) is 9.70. The van der Waals surface area contributed by atoms with Crippen molar-refractivity contribution in [3.63, 3.8) is 0 Å². The number of hydrogen-bond acceptors (Lipinski definition) is 3. The van der Waals surface area contributed by atoms with Crippen molar-refractivity contribution in [3.8, 4) is 0 Å². The highest BCUT2D eigenvalue weighted by Gasteiger charge is 1.97. The summed E-state index contributed by atoms with van der Waals surface area (Å²) in [7, 11) is 0. The van der Waals surface area contributed by atoms with Gasteiger partial charge in [0.05, 0.1) is 5.69 Å². The molecule has 2 N–H and O–H groups in total. The van der Waals surface area contributed by atoms with Gasteiger partial charge in [0.1, 0.15) is 5.82 Å². The molecule has 0 spiro atoms. The largest absolute Gasteiger partial charge is 0.236 e. The second-order valence-electron chi connectivity index (χ2n) is 6.84. The molecule has 0 amide bonds. The van der Waals surface area contributed by atoms with E-state index in [0.29, 0.717) is 0 Å². The Hall–Kier alpha value is -3.47. The van der Waals surface area contributed by atoms with Crippen LogP contribution in [0.1, 0.15) is 22.3 Å². The van der Waals surface area contributed by atoms with Gasteiger partial charge < -0.3 is 0 Å². The maximum Gasteiger partial charge on any atom is 0.123 e. The molecular weight excluding hydrogens is 376 g/mol. The zero-order chi connectivity index (χ0) is 21.0. The number of hydrogen-bond donors (Lipinski definition) is 2. The van der Waals surface area contributed by atoms with Gasteiger partial charge in [0.15, 0.2) is 0 Å². The smallest absolute Gasteiger partial charge is 0.123 e. The zero-order valence-corrected chi connectivity index (χ0v) is 16.5. The fourth-order valence-electron chi connectivity index (χ4n) is 3.01. The summed E-state index contributed by atoms with van der Waals surface area (Å²) in [5.74, 6) is -0.179. The van der Waals surface area contributed by atoms with Crippen LogP contribution in [0.5, 0.6) is 0 Å². The molecule has 0 saturated heterocycles. The summed E-state index contributed by atoms with van der Waals surface area (Å²) in [6.07, 6.45) is 1.77. The Bertz CT molecular complexity index is 989. The van der Waals surface area contributed by atoms with E-state index in [2.05, 4.69) is 34.7 Å². The summed E-state index contributed by atoms with van der Waals surface area (Å²) in [6.45, 7) is 0. The Labute approximate surface area is 176 Å². The second-order valence-corrected chi connectivity index (χ2v) is 6.84. The van der Waals surface area contributed by atoms with E-state index in [9.17, 15) is 4.39 Å². The van der Waals surface area contributed by atoms with Crippen LogP contribution >= 0.6 is 0 Å².